The van der Waals surface area contributed by atoms with Gasteiger partial charge in [0, 0.05) is 11.6 Å². The Balaban J connectivity index is 4.35. The highest BCUT2D eigenvalue weighted by Crippen LogP contribution is 1.98. The van der Waals surface area contributed by atoms with Crippen molar-refractivity contribution in [2.24, 2.45) is 5.73 Å². The number of methoxy groups -OCH3 is 1. The van der Waals surface area contributed by atoms with Gasteiger partial charge in [0.1, 0.15) is 0 Å². The smallest absolute Gasteiger partial charge is 0.330 e. The van der Waals surface area contributed by atoms with Gasteiger partial charge in [0.25, 0.3) is 0 Å². The van der Waals surface area contributed by atoms with Crippen LogP contribution in [0.5, 0.6) is 0 Å². The Morgan fingerprint density at radius 3 is 2.36 bits per heavy atom. The second kappa shape index (κ2) is 4.49. The Kier molecular flexibility index (Phi) is 3.95. The Morgan fingerprint density at radius 2 is 2.09 bits per heavy atom. The highest BCUT2D eigenvalue weighted by Gasteiger charge is 2.04. The number of ether oxygens (including phenoxy) is 1. The first-order valence-electron chi connectivity index (χ1n) is 3.20. The van der Waals surface area contributed by atoms with Crippen LogP contribution in [0.15, 0.2) is 11.6 Å². The van der Waals surface area contributed by atoms with Crippen LogP contribution in [-0.2, 0) is 14.3 Å². The van der Waals surface area contributed by atoms with E-state index in [9.17, 15) is 9.59 Å². The summed E-state index contributed by atoms with van der Waals surface area (Å²) in [7, 11) is 1.24. The number of hydrogen-bond acceptors (Lipinski definition) is 3. The van der Waals surface area contributed by atoms with Crippen LogP contribution in [0, 0.1) is 0 Å². The molecular weight excluding hydrogens is 146 g/mol. The minimum Gasteiger partial charge on any atom is -0.466 e. The summed E-state index contributed by atoms with van der Waals surface area (Å²) in [4.78, 5) is 21.1. The van der Waals surface area contributed by atoms with E-state index in [-0.39, 0.29) is 5.57 Å². The molecule has 0 aliphatic carbocycles. The van der Waals surface area contributed by atoms with Crippen molar-refractivity contribution in [2.45, 2.75) is 13.3 Å². The van der Waals surface area contributed by atoms with Crippen molar-refractivity contribution >= 4 is 11.9 Å². The van der Waals surface area contributed by atoms with Gasteiger partial charge in [-0.25, -0.2) is 4.79 Å². The minimum atomic E-state index is -0.585. The van der Waals surface area contributed by atoms with E-state index in [1.54, 1.807) is 6.92 Å². The van der Waals surface area contributed by atoms with Gasteiger partial charge in [-0.1, -0.05) is 6.92 Å². The molecule has 0 fully saturated rings. The third-order valence-corrected chi connectivity index (χ3v) is 1.19. The molecule has 0 rings (SSSR count). The first-order chi connectivity index (χ1) is 5.11. The van der Waals surface area contributed by atoms with E-state index in [1.165, 1.54) is 7.11 Å². The van der Waals surface area contributed by atoms with Crippen LogP contribution in [0.3, 0.4) is 0 Å². The van der Waals surface area contributed by atoms with E-state index in [2.05, 4.69) is 4.74 Å². The Morgan fingerprint density at radius 1 is 1.55 bits per heavy atom. The van der Waals surface area contributed by atoms with Gasteiger partial charge in [-0.05, 0) is 6.42 Å². The third kappa shape index (κ3) is 3.40. The molecule has 0 aliphatic rings. The molecule has 0 atom stereocenters. The average Bonchev–Trinajstić information content (AvgIpc) is 1.99. The van der Waals surface area contributed by atoms with Crippen LogP contribution in [0.1, 0.15) is 13.3 Å². The quantitative estimate of drug-likeness (QED) is 0.462. The lowest BCUT2D eigenvalue weighted by molar-refractivity contribution is -0.135. The molecule has 4 nitrogen and oxygen atoms in total. The maximum atomic E-state index is 10.6. The van der Waals surface area contributed by atoms with Crippen molar-refractivity contribution in [1.82, 2.24) is 0 Å². The summed E-state index contributed by atoms with van der Waals surface area (Å²) in [5.41, 5.74) is 5.21. The fourth-order valence-electron chi connectivity index (χ4n) is 0.549. The summed E-state index contributed by atoms with van der Waals surface area (Å²) in [5.74, 6) is -1.14. The van der Waals surface area contributed by atoms with E-state index in [0.29, 0.717) is 6.42 Å². The van der Waals surface area contributed by atoms with Gasteiger partial charge in [-0.15, -0.1) is 0 Å². The number of amides is 1. The molecule has 0 aromatic heterocycles. The molecule has 0 unspecified atom stereocenters. The first kappa shape index (κ1) is 9.68. The largest absolute Gasteiger partial charge is 0.466 e. The lowest BCUT2D eigenvalue weighted by atomic mass is 10.2. The van der Waals surface area contributed by atoms with Gasteiger partial charge in [0.2, 0.25) is 5.91 Å². The van der Waals surface area contributed by atoms with Gasteiger partial charge in [0.15, 0.2) is 0 Å². The predicted octanol–water partition coefficient (Wildman–Crippen LogP) is -0.0189. The highest BCUT2D eigenvalue weighted by molar-refractivity contribution is 5.98. The molecule has 0 bridgehead atoms. The highest BCUT2D eigenvalue weighted by atomic mass is 16.5. The zero-order valence-electron chi connectivity index (χ0n) is 6.59. The van der Waals surface area contributed by atoms with Gasteiger partial charge in [-0.3, -0.25) is 4.79 Å². The molecule has 4 heteroatoms. The number of nitrogens with two attached hydrogens (primary N) is 1. The maximum absolute atomic E-state index is 10.6. The average molecular weight is 157 g/mol. The van der Waals surface area contributed by atoms with Gasteiger partial charge < -0.3 is 10.5 Å². The number of carbonyl (C=O) groups is 2. The van der Waals surface area contributed by atoms with Crippen LogP contribution in [0.2, 0.25) is 0 Å². The van der Waals surface area contributed by atoms with E-state index in [1.807, 2.05) is 0 Å². The van der Waals surface area contributed by atoms with Gasteiger partial charge >= 0.3 is 5.97 Å². The number of esters is 1. The SMILES string of the molecule is CC/C(=C/C(=O)OC)C(N)=O. The summed E-state index contributed by atoms with van der Waals surface area (Å²) < 4.78 is 4.31. The van der Waals surface area contributed by atoms with E-state index in [0.717, 1.165) is 6.08 Å². The molecule has 0 radical (unpaired) electrons. The first-order valence-corrected chi connectivity index (χ1v) is 3.20. The van der Waals surface area contributed by atoms with Crippen LogP contribution in [-0.4, -0.2) is 19.0 Å². The predicted molar refractivity (Wildman–Crippen MR) is 39.6 cm³/mol. The normalized spacial score (nSPS) is 10.9. The van der Waals surface area contributed by atoms with Crippen molar-refractivity contribution in [3.63, 3.8) is 0 Å². The lowest BCUT2D eigenvalue weighted by Crippen LogP contribution is -2.15. The summed E-state index contributed by atoms with van der Waals surface area (Å²) in [6, 6.07) is 0. The van der Waals surface area contributed by atoms with Crippen molar-refractivity contribution in [3.8, 4) is 0 Å². The molecule has 0 aliphatic heterocycles. The third-order valence-electron chi connectivity index (χ3n) is 1.19. The molecule has 1 amide bonds. The Hall–Kier alpha value is -1.32. The Bertz CT molecular complexity index is 196. The molecular formula is C7H11NO3. The number of primary amides is 1. The van der Waals surface area contributed by atoms with E-state index >= 15 is 0 Å². The zero-order chi connectivity index (χ0) is 8.85. The fraction of sp³-hybridized carbons (Fsp3) is 0.429. The summed E-state index contributed by atoms with van der Waals surface area (Å²) in [5, 5.41) is 0. The minimum absolute atomic E-state index is 0.275. The monoisotopic (exact) mass is 157 g/mol. The number of hydrogen-bond donors (Lipinski definition) is 1. The van der Waals surface area contributed by atoms with Crippen molar-refractivity contribution < 1.29 is 14.3 Å². The van der Waals surface area contributed by atoms with Crippen LogP contribution >= 0.6 is 0 Å². The van der Waals surface area contributed by atoms with Crippen LogP contribution in [0.25, 0.3) is 0 Å². The number of carbonyl (C=O) groups excluding carboxylic acids is 2. The topological polar surface area (TPSA) is 69.4 Å². The summed E-state index contributed by atoms with van der Waals surface area (Å²) in [6.07, 6.45) is 1.53. The molecule has 2 N–H and O–H groups in total. The van der Waals surface area contributed by atoms with Crippen molar-refractivity contribution in [1.29, 1.82) is 0 Å². The zero-order valence-corrected chi connectivity index (χ0v) is 6.59. The molecule has 0 spiro atoms. The standard InChI is InChI=1S/C7H11NO3/c1-3-5(7(8)10)4-6(9)11-2/h4H,3H2,1-2H3,(H2,8,10)/b5-4-. The molecule has 0 saturated heterocycles. The molecule has 62 valence electrons. The van der Waals surface area contributed by atoms with Crippen LogP contribution < -0.4 is 5.73 Å². The molecule has 0 heterocycles. The summed E-state index contributed by atoms with van der Waals surface area (Å²) in [6.45, 7) is 1.74. The van der Waals surface area contributed by atoms with Crippen LogP contribution in [0.4, 0.5) is 0 Å². The van der Waals surface area contributed by atoms with E-state index < -0.39 is 11.9 Å². The van der Waals surface area contributed by atoms with E-state index in [4.69, 9.17) is 5.73 Å². The van der Waals surface area contributed by atoms with Gasteiger partial charge in [-0.2, -0.15) is 0 Å². The molecule has 0 aromatic carbocycles. The second-order valence-electron chi connectivity index (χ2n) is 1.91. The lowest BCUT2D eigenvalue weighted by Gasteiger charge is -1.96. The fourth-order valence-corrected chi connectivity index (χ4v) is 0.549. The number of rotatable bonds is 3. The molecule has 11 heavy (non-hydrogen) atoms. The molecule has 0 saturated carbocycles. The van der Waals surface area contributed by atoms with Crippen molar-refractivity contribution in [2.75, 3.05) is 7.11 Å². The van der Waals surface area contributed by atoms with Crippen molar-refractivity contribution in [3.05, 3.63) is 11.6 Å². The second-order valence-corrected chi connectivity index (χ2v) is 1.91. The molecule has 0 aromatic rings. The summed E-state index contributed by atoms with van der Waals surface area (Å²) >= 11 is 0. The van der Waals surface area contributed by atoms with Gasteiger partial charge in [0.05, 0.1) is 7.11 Å². The maximum Gasteiger partial charge on any atom is 0.330 e. The Labute approximate surface area is 65.0 Å².